The van der Waals surface area contributed by atoms with Crippen molar-refractivity contribution in [2.24, 2.45) is 16.7 Å². The lowest BCUT2D eigenvalue weighted by Gasteiger charge is -2.50. The van der Waals surface area contributed by atoms with E-state index in [9.17, 15) is 4.79 Å². The smallest absolute Gasteiger partial charge is 0.178 e. The molecule has 2 heteroatoms. The van der Waals surface area contributed by atoms with Crippen molar-refractivity contribution in [3.05, 3.63) is 11.6 Å². The predicted octanol–water partition coefficient (Wildman–Crippen LogP) is 3.24. The molecule has 0 saturated heterocycles. The van der Waals surface area contributed by atoms with Crippen LogP contribution in [0.15, 0.2) is 11.6 Å². The highest BCUT2D eigenvalue weighted by Crippen LogP contribution is 2.54. The van der Waals surface area contributed by atoms with E-state index < -0.39 is 0 Å². The zero-order valence-corrected chi connectivity index (χ0v) is 10.3. The van der Waals surface area contributed by atoms with Crippen LogP contribution < -0.4 is 0 Å². The van der Waals surface area contributed by atoms with Gasteiger partial charge in [-0.2, -0.15) is 5.26 Å². The molecule has 0 N–H and O–H groups in total. The summed E-state index contributed by atoms with van der Waals surface area (Å²) in [6.45, 7) is 6.23. The zero-order chi connectivity index (χ0) is 12.0. The van der Waals surface area contributed by atoms with E-state index in [2.05, 4.69) is 13.0 Å². The van der Waals surface area contributed by atoms with Crippen molar-refractivity contribution in [2.75, 3.05) is 0 Å². The zero-order valence-electron chi connectivity index (χ0n) is 10.3. The summed E-state index contributed by atoms with van der Waals surface area (Å²) < 4.78 is 0. The topological polar surface area (TPSA) is 40.9 Å². The van der Waals surface area contributed by atoms with Gasteiger partial charge in [0.2, 0.25) is 0 Å². The maximum absolute atomic E-state index is 12.2. The molecule has 0 spiro atoms. The van der Waals surface area contributed by atoms with Crippen LogP contribution in [0.2, 0.25) is 0 Å². The average Bonchev–Trinajstić information content (AvgIpc) is 2.24. The number of carbonyl (C=O) groups is 1. The molecule has 2 aliphatic carbocycles. The summed E-state index contributed by atoms with van der Waals surface area (Å²) in [6, 6.07) is 2.08. The first kappa shape index (κ1) is 11.4. The van der Waals surface area contributed by atoms with Crippen LogP contribution in [0, 0.1) is 28.1 Å². The number of fused-ring (bicyclic) bond motifs is 1. The fourth-order valence-electron chi connectivity index (χ4n) is 3.70. The van der Waals surface area contributed by atoms with Gasteiger partial charge in [-0.1, -0.05) is 39.7 Å². The molecule has 0 aromatic heterocycles. The highest BCUT2D eigenvalue weighted by atomic mass is 16.1. The molecule has 2 atom stereocenters. The number of rotatable bonds is 0. The van der Waals surface area contributed by atoms with Crippen molar-refractivity contribution in [1.29, 1.82) is 5.26 Å². The number of ketones is 1. The second-order valence-electron chi connectivity index (χ2n) is 6.02. The van der Waals surface area contributed by atoms with Gasteiger partial charge in [0.15, 0.2) is 5.78 Å². The normalized spacial score (nSPS) is 37.2. The van der Waals surface area contributed by atoms with Crippen LogP contribution in [-0.4, -0.2) is 5.78 Å². The minimum absolute atomic E-state index is 0.0411. The summed E-state index contributed by atoms with van der Waals surface area (Å²) in [6.07, 6.45) is 6.60. The van der Waals surface area contributed by atoms with Crippen LogP contribution in [0.5, 0.6) is 0 Å². The lowest BCUT2D eigenvalue weighted by Crippen LogP contribution is -2.47. The van der Waals surface area contributed by atoms with E-state index >= 15 is 0 Å². The molecular weight excluding hydrogens is 198 g/mol. The van der Waals surface area contributed by atoms with Crippen molar-refractivity contribution >= 4 is 5.78 Å². The highest BCUT2D eigenvalue weighted by Gasteiger charge is 2.51. The Morgan fingerprint density at radius 2 is 2.06 bits per heavy atom. The Hall–Kier alpha value is -1.10. The molecule has 1 saturated carbocycles. The highest BCUT2D eigenvalue weighted by molar-refractivity contribution is 6.04. The van der Waals surface area contributed by atoms with Gasteiger partial charge in [-0.3, -0.25) is 4.79 Å². The van der Waals surface area contributed by atoms with Gasteiger partial charge in [-0.05, 0) is 24.2 Å². The number of nitrogens with zero attached hydrogens (tertiary/aromatic N) is 1. The minimum atomic E-state index is -0.366. The van der Waals surface area contributed by atoms with Gasteiger partial charge in [0, 0.05) is 5.41 Å². The molecule has 0 aromatic rings. The third-order valence-corrected chi connectivity index (χ3v) is 4.55. The van der Waals surface area contributed by atoms with Gasteiger partial charge < -0.3 is 0 Å². The molecule has 1 fully saturated rings. The predicted molar refractivity (Wildman–Crippen MR) is 62.5 cm³/mol. The molecule has 0 aliphatic heterocycles. The van der Waals surface area contributed by atoms with Crippen molar-refractivity contribution in [3.8, 4) is 6.07 Å². The largest absolute Gasteiger partial charge is 0.293 e. The number of hydrogen-bond acceptors (Lipinski definition) is 2. The molecule has 16 heavy (non-hydrogen) atoms. The summed E-state index contributed by atoms with van der Waals surface area (Å²) in [5.41, 5.74) is 0.0704. The van der Waals surface area contributed by atoms with Crippen molar-refractivity contribution in [1.82, 2.24) is 0 Å². The Morgan fingerprint density at radius 1 is 1.38 bits per heavy atom. The maximum Gasteiger partial charge on any atom is 0.178 e. The van der Waals surface area contributed by atoms with Gasteiger partial charge >= 0.3 is 0 Å². The fraction of sp³-hybridized carbons (Fsp3) is 0.714. The van der Waals surface area contributed by atoms with E-state index in [4.69, 9.17) is 5.26 Å². The lowest BCUT2D eigenvalue weighted by atomic mass is 9.52. The Labute approximate surface area is 97.3 Å². The molecule has 0 aromatic carbocycles. The summed E-state index contributed by atoms with van der Waals surface area (Å²) >= 11 is 0. The molecule has 0 amide bonds. The van der Waals surface area contributed by atoms with E-state index in [0.29, 0.717) is 11.5 Å². The number of hydrogen-bond donors (Lipinski definition) is 0. The van der Waals surface area contributed by atoms with Gasteiger partial charge in [-0.25, -0.2) is 0 Å². The molecular formula is C14H19NO. The van der Waals surface area contributed by atoms with Gasteiger partial charge in [0.05, 0.1) is 5.57 Å². The van der Waals surface area contributed by atoms with E-state index in [-0.39, 0.29) is 16.6 Å². The molecule has 0 radical (unpaired) electrons. The molecule has 2 nitrogen and oxygen atoms in total. The maximum atomic E-state index is 12.2. The van der Waals surface area contributed by atoms with E-state index in [1.165, 1.54) is 12.8 Å². The van der Waals surface area contributed by atoms with Crippen LogP contribution >= 0.6 is 0 Å². The van der Waals surface area contributed by atoms with Crippen LogP contribution in [-0.2, 0) is 4.79 Å². The minimum Gasteiger partial charge on any atom is -0.293 e. The van der Waals surface area contributed by atoms with Crippen LogP contribution in [0.25, 0.3) is 0 Å². The van der Waals surface area contributed by atoms with E-state index in [1.807, 2.05) is 19.9 Å². The number of nitriles is 1. The van der Waals surface area contributed by atoms with Gasteiger partial charge in [-0.15, -0.1) is 0 Å². The van der Waals surface area contributed by atoms with Crippen LogP contribution in [0.1, 0.15) is 46.5 Å². The first-order valence-electron chi connectivity index (χ1n) is 6.09. The standard InChI is InChI=1S/C14H19NO/c1-13(2)11-6-4-5-7-14(11,3)8-10(9-15)12(13)16/h8,11H,4-7H2,1-3H3/t11-,14-/m0/s1. The molecule has 0 bridgehead atoms. The summed E-state index contributed by atoms with van der Waals surface area (Å²) in [5.74, 6) is 0.442. The Bertz CT molecular complexity index is 399. The van der Waals surface area contributed by atoms with Crippen molar-refractivity contribution < 1.29 is 4.79 Å². The van der Waals surface area contributed by atoms with E-state index in [1.54, 1.807) is 0 Å². The fourth-order valence-corrected chi connectivity index (χ4v) is 3.70. The Kier molecular flexibility index (Phi) is 2.45. The second-order valence-corrected chi connectivity index (χ2v) is 6.02. The first-order chi connectivity index (χ1) is 7.42. The van der Waals surface area contributed by atoms with Gasteiger partial charge in [0.1, 0.15) is 6.07 Å². The number of allylic oxidation sites excluding steroid dienone is 2. The molecule has 0 unspecified atom stereocenters. The summed E-state index contributed by atoms with van der Waals surface area (Å²) in [5, 5.41) is 9.06. The monoisotopic (exact) mass is 217 g/mol. The molecule has 86 valence electrons. The Morgan fingerprint density at radius 3 is 2.69 bits per heavy atom. The summed E-state index contributed by atoms with van der Waals surface area (Å²) in [7, 11) is 0. The Balaban J connectivity index is 2.53. The first-order valence-corrected chi connectivity index (χ1v) is 6.09. The number of carbonyl (C=O) groups excluding carboxylic acids is 1. The third kappa shape index (κ3) is 1.42. The molecule has 2 aliphatic rings. The molecule has 0 heterocycles. The average molecular weight is 217 g/mol. The quantitative estimate of drug-likeness (QED) is 0.625. The summed E-state index contributed by atoms with van der Waals surface area (Å²) in [4.78, 5) is 12.2. The van der Waals surface area contributed by atoms with Crippen LogP contribution in [0.3, 0.4) is 0 Å². The van der Waals surface area contributed by atoms with E-state index in [0.717, 1.165) is 12.8 Å². The SMILES string of the molecule is CC1(C)C(=O)C(C#N)=C[C@]2(C)CCCC[C@@H]12. The van der Waals surface area contributed by atoms with Crippen molar-refractivity contribution in [3.63, 3.8) is 0 Å². The van der Waals surface area contributed by atoms with Crippen molar-refractivity contribution in [2.45, 2.75) is 46.5 Å². The van der Waals surface area contributed by atoms with Crippen LogP contribution in [0.4, 0.5) is 0 Å². The lowest BCUT2D eigenvalue weighted by molar-refractivity contribution is -0.130. The number of Topliss-reactive ketones (excluding diaryl/α,β-unsaturated/α-hetero) is 1. The second kappa shape index (κ2) is 3.45. The van der Waals surface area contributed by atoms with Gasteiger partial charge in [0.25, 0.3) is 0 Å². The molecule has 2 rings (SSSR count). The third-order valence-electron chi connectivity index (χ3n) is 4.55.